The van der Waals surface area contributed by atoms with E-state index in [0.717, 1.165) is 30.6 Å². The van der Waals surface area contributed by atoms with Gasteiger partial charge in [-0.1, -0.05) is 74.5 Å². The summed E-state index contributed by atoms with van der Waals surface area (Å²) in [6.07, 6.45) is 6.09. The van der Waals surface area contributed by atoms with Gasteiger partial charge in [-0.25, -0.2) is 4.52 Å². The Labute approximate surface area is 183 Å². The molecular weight excluding hydrogens is 380 g/mol. The fourth-order valence-electron chi connectivity index (χ4n) is 4.58. The van der Waals surface area contributed by atoms with Crippen LogP contribution in [0, 0.1) is 5.41 Å². The molecule has 4 aromatic rings. The number of anilines is 1. The number of rotatable bonds is 5. The molecular formula is C27H28N4. The lowest BCUT2D eigenvalue weighted by Gasteiger charge is -2.29. The third-order valence-electron chi connectivity index (χ3n) is 6.53. The van der Waals surface area contributed by atoms with Gasteiger partial charge < -0.3 is 5.32 Å². The number of fused-ring (bicyclic) bond motifs is 1. The molecule has 0 amide bonds. The second-order valence-corrected chi connectivity index (χ2v) is 8.88. The van der Waals surface area contributed by atoms with Crippen LogP contribution in [0.4, 0.5) is 5.69 Å². The first kappa shape index (κ1) is 19.6. The Morgan fingerprint density at radius 2 is 1.74 bits per heavy atom. The summed E-state index contributed by atoms with van der Waals surface area (Å²) in [5.41, 5.74) is 7.18. The molecule has 0 aliphatic heterocycles. The molecule has 2 aromatic heterocycles. The summed E-state index contributed by atoms with van der Waals surface area (Å²) in [4.78, 5) is 5.00. The second kappa shape index (κ2) is 8.03. The third kappa shape index (κ3) is 3.86. The summed E-state index contributed by atoms with van der Waals surface area (Å²) in [5, 5.41) is 8.36. The summed E-state index contributed by atoms with van der Waals surface area (Å²) < 4.78 is 1.97. The van der Waals surface area contributed by atoms with Gasteiger partial charge in [0.05, 0.1) is 17.7 Å². The fraction of sp³-hybridized carbons (Fsp3) is 0.259. The van der Waals surface area contributed by atoms with Crippen molar-refractivity contribution in [2.24, 2.45) is 10.4 Å². The van der Waals surface area contributed by atoms with Gasteiger partial charge in [0.2, 0.25) is 0 Å². The van der Waals surface area contributed by atoms with Gasteiger partial charge in [-0.3, -0.25) is 4.99 Å². The molecule has 1 atom stereocenters. The van der Waals surface area contributed by atoms with Crippen LogP contribution in [0.1, 0.15) is 32.3 Å². The van der Waals surface area contributed by atoms with Gasteiger partial charge in [0.1, 0.15) is 0 Å². The quantitative estimate of drug-likeness (QED) is 0.424. The van der Waals surface area contributed by atoms with Crippen molar-refractivity contribution in [2.45, 2.75) is 39.3 Å². The fourth-order valence-corrected chi connectivity index (χ4v) is 4.58. The third-order valence-corrected chi connectivity index (χ3v) is 6.53. The van der Waals surface area contributed by atoms with Crippen molar-refractivity contribution < 1.29 is 0 Å². The maximum atomic E-state index is 5.00. The molecule has 4 nitrogen and oxygen atoms in total. The molecule has 1 aliphatic rings. The van der Waals surface area contributed by atoms with E-state index in [-0.39, 0.29) is 5.41 Å². The highest BCUT2D eigenvalue weighted by molar-refractivity contribution is 5.93. The minimum Gasteiger partial charge on any atom is -0.380 e. The van der Waals surface area contributed by atoms with Gasteiger partial charge in [-0.15, -0.1) is 0 Å². The first-order chi connectivity index (χ1) is 15.1. The van der Waals surface area contributed by atoms with Gasteiger partial charge in [-0.05, 0) is 36.1 Å². The number of aromatic nitrogens is 2. The average molecular weight is 409 g/mol. The zero-order valence-electron chi connectivity index (χ0n) is 18.1. The van der Waals surface area contributed by atoms with Crippen molar-refractivity contribution in [1.82, 2.24) is 9.61 Å². The standard InChI is InChI=1S/C27H28N4/c1-27(2)25(28-18-20-9-5-3-6-10-20)13-14-26(27)30-23-15-16-29-31-19-22(17-24(23)31)21-11-7-4-8-12-21/h3-12,15-17,19,26,30H,13-14,18H2,1-2H3. The highest BCUT2D eigenvalue weighted by Crippen LogP contribution is 2.38. The van der Waals surface area contributed by atoms with Gasteiger partial charge >= 0.3 is 0 Å². The van der Waals surface area contributed by atoms with E-state index in [1.807, 2.05) is 16.8 Å². The van der Waals surface area contributed by atoms with Gasteiger partial charge in [0.15, 0.2) is 0 Å². The first-order valence-corrected chi connectivity index (χ1v) is 11.0. The van der Waals surface area contributed by atoms with Crippen molar-refractivity contribution in [1.29, 1.82) is 0 Å². The van der Waals surface area contributed by atoms with Crippen LogP contribution in [-0.2, 0) is 6.54 Å². The van der Waals surface area contributed by atoms with E-state index in [1.54, 1.807) is 0 Å². The molecule has 5 rings (SSSR count). The Hall–Kier alpha value is -3.40. The summed E-state index contributed by atoms with van der Waals surface area (Å²) in [6, 6.07) is 25.6. The number of benzene rings is 2. The molecule has 1 N–H and O–H groups in total. The van der Waals surface area contributed by atoms with Gasteiger partial charge in [0, 0.05) is 35.1 Å². The molecule has 4 heteroatoms. The molecule has 156 valence electrons. The number of hydrogen-bond acceptors (Lipinski definition) is 3. The van der Waals surface area contributed by atoms with Crippen molar-refractivity contribution in [3.05, 3.63) is 90.8 Å². The average Bonchev–Trinajstić information content (AvgIpc) is 3.35. The molecule has 31 heavy (non-hydrogen) atoms. The molecule has 1 saturated carbocycles. The van der Waals surface area contributed by atoms with Crippen LogP contribution >= 0.6 is 0 Å². The summed E-state index contributed by atoms with van der Waals surface area (Å²) in [5.74, 6) is 0. The van der Waals surface area contributed by atoms with E-state index in [1.165, 1.54) is 22.4 Å². The Bertz CT molecular complexity index is 1210. The van der Waals surface area contributed by atoms with Crippen molar-refractivity contribution in [3.8, 4) is 11.1 Å². The maximum Gasteiger partial charge on any atom is 0.0884 e. The molecule has 0 bridgehead atoms. The minimum absolute atomic E-state index is 0.00386. The molecule has 1 aliphatic carbocycles. The lowest BCUT2D eigenvalue weighted by atomic mass is 9.85. The van der Waals surface area contributed by atoms with E-state index >= 15 is 0 Å². The summed E-state index contributed by atoms with van der Waals surface area (Å²) >= 11 is 0. The summed E-state index contributed by atoms with van der Waals surface area (Å²) in [6.45, 7) is 5.38. The van der Waals surface area contributed by atoms with Crippen molar-refractivity contribution >= 4 is 16.9 Å². The first-order valence-electron chi connectivity index (χ1n) is 11.0. The van der Waals surface area contributed by atoms with Crippen LogP contribution in [0.25, 0.3) is 16.6 Å². The van der Waals surface area contributed by atoms with Crippen LogP contribution in [-0.4, -0.2) is 21.4 Å². The molecule has 0 saturated heterocycles. The Kier molecular flexibility index (Phi) is 5.06. The van der Waals surface area contributed by atoms with Crippen LogP contribution in [0.5, 0.6) is 0 Å². The van der Waals surface area contributed by atoms with Crippen LogP contribution < -0.4 is 5.32 Å². The normalized spacial score (nSPS) is 19.2. The largest absolute Gasteiger partial charge is 0.380 e. The molecule has 0 radical (unpaired) electrons. The SMILES string of the molecule is CC1(C)C(=NCc2ccccc2)CCC1Nc1ccnn2cc(-c3ccccc3)cc12. The molecule has 2 aromatic carbocycles. The molecule has 1 fully saturated rings. The lowest BCUT2D eigenvalue weighted by molar-refractivity contribution is 0.457. The van der Waals surface area contributed by atoms with Crippen molar-refractivity contribution in [2.75, 3.05) is 5.32 Å². The van der Waals surface area contributed by atoms with Crippen molar-refractivity contribution in [3.63, 3.8) is 0 Å². The van der Waals surface area contributed by atoms with Crippen LogP contribution in [0.2, 0.25) is 0 Å². The maximum absolute atomic E-state index is 5.00. The predicted molar refractivity (Wildman–Crippen MR) is 129 cm³/mol. The van der Waals surface area contributed by atoms with Gasteiger partial charge in [0.25, 0.3) is 0 Å². The Morgan fingerprint density at radius 3 is 2.52 bits per heavy atom. The zero-order chi connectivity index (χ0) is 21.3. The highest BCUT2D eigenvalue weighted by atomic mass is 15.2. The van der Waals surface area contributed by atoms with E-state index in [4.69, 9.17) is 4.99 Å². The predicted octanol–water partition coefficient (Wildman–Crippen LogP) is 6.24. The van der Waals surface area contributed by atoms with E-state index < -0.39 is 0 Å². The highest BCUT2D eigenvalue weighted by Gasteiger charge is 2.40. The smallest absolute Gasteiger partial charge is 0.0884 e. The monoisotopic (exact) mass is 408 g/mol. The summed E-state index contributed by atoms with van der Waals surface area (Å²) in [7, 11) is 0. The number of hydrogen-bond donors (Lipinski definition) is 1. The molecule has 0 spiro atoms. The van der Waals surface area contributed by atoms with Crippen LogP contribution in [0.3, 0.4) is 0 Å². The number of nitrogens with one attached hydrogen (secondary N) is 1. The molecule has 1 unspecified atom stereocenters. The van der Waals surface area contributed by atoms with Crippen LogP contribution in [0.15, 0.2) is 90.2 Å². The number of nitrogens with zero attached hydrogens (tertiary/aromatic N) is 3. The Morgan fingerprint density at radius 1 is 1.00 bits per heavy atom. The minimum atomic E-state index is 0.00386. The van der Waals surface area contributed by atoms with E-state index in [9.17, 15) is 0 Å². The van der Waals surface area contributed by atoms with Gasteiger partial charge in [-0.2, -0.15) is 5.10 Å². The Balaban J connectivity index is 1.39. The molecule has 2 heterocycles. The van der Waals surface area contributed by atoms with E-state index in [0.29, 0.717) is 6.04 Å². The number of aliphatic imine (C=N–C) groups is 1. The lowest BCUT2D eigenvalue weighted by Crippen LogP contribution is -2.35. The second-order valence-electron chi connectivity index (χ2n) is 8.88. The topological polar surface area (TPSA) is 41.7 Å². The zero-order valence-corrected chi connectivity index (χ0v) is 18.1. The van der Waals surface area contributed by atoms with E-state index in [2.05, 4.69) is 97.2 Å².